The van der Waals surface area contributed by atoms with Crippen molar-refractivity contribution in [1.29, 1.82) is 0 Å². The van der Waals surface area contributed by atoms with Gasteiger partial charge in [0.1, 0.15) is 11.6 Å². The third-order valence-corrected chi connectivity index (χ3v) is 4.55. The zero-order valence-electron chi connectivity index (χ0n) is 11.5. The molecule has 0 fully saturated rings. The zero-order chi connectivity index (χ0) is 14.7. The molecule has 0 aliphatic heterocycles. The number of benzene rings is 1. The van der Waals surface area contributed by atoms with Crippen molar-refractivity contribution in [3.8, 4) is 17.1 Å². The Morgan fingerprint density at radius 3 is 2.75 bits per heavy atom. The van der Waals surface area contributed by atoms with E-state index in [1.165, 1.54) is 0 Å². The molecule has 4 nitrogen and oxygen atoms in total. The Hall–Kier alpha value is -0.890. The van der Waals surface area contributed by atoms with Gasteiger partial charge in [0, 0.05) is 11.0 Å². The number of nitrogens with zero attached hydrogens (tertiary/aromatic N) is 2. The molecular weight excluding hydrogens is 433 g/mol. The number of methoxy groups -OCH3 is 1. The summed E-state index contributed by atoms with van der Waals surface area (Å²) in [4.78, 5) is 9.19. The summed E-state index contributed by atoms with van der Waals surface area (Å²) in [6.45, 7) is 4.85. The summed E-state index contributed by atoms with van der Waals surface area (Å²) in [5, 5.41) is 3.27. The number of hydrogen-bond acceptors (Lipinski definition) is 4. The van der Waals surface area contributed by atoms with Gasteiger partial charge in [0.2, 0.25) is 0 Å². The minimum atomic E-state index is 0.664. The lowest BCUT2D eigenvalue weighted by molar-refractivity contribution is 0.416. The van der Waals surface area contributed by atoms with Gasteiger partial charge in [-0.15, -0.1) is 0 Å². The van der Waals surface area contributed by atoms with Crippen molar-refractivity contribution < 1.29 is 4.74 Å². The first kappa shape index (κ1) is 15.5. The van der Waals surface area contributed by atoms with Crippen LogP contribution in [0.5, 0.6) is 5.75 Å². The fourth-order valence-electron chi connectivity index (χ4n) is 1.82. The molecular formula is C14H15BrIN3O. The highest BCUT2D eigenvalue weighted by Crippen LogP contribution is 2.32. The van der Waals surface area contributed by atoms with Crippen molar-refractivity contribution in [1.82, 2.24) is 9.97 Å². The van der Waals surface area contributed by atoms with Crippen LogP contribution < -0.4 is 10.1 Å². The molecule has 0 amide bonds. The average Bonchev–Trinajstić information content (AvgIpc) is 2.43. The summed E-state index contributed by atoms with van der Waals surface area (Å²) < 4.78 is 7.42. The monoisotopic (exact) mass is 447 g/mol. The summed E-state index contributed by atoms with van der Waals surface area (Å²) in [5.74, 6) is 2.28. The largest absolute Gasteiger partial charge is 0.496 e. The first-order valence-electron chi connectivity index (χ1n) is 6.18. The van der Waals surface area contributed by atoms with E-state index in [1.807, 2.05) is 32.0 Å². The van der Waals surface area contributed by atoms with Crippen LogP contribution in [-0.2, 0) is 0 Å². The normalized spacial score (nSPS) is 10.4. The van der Waals surface area contributed by atoms with E-state index < -0.39 is 0 Å². The number of aromatic nitrogens is 2. The number of hydrogen-bond donors (Lipinski definition) is 1. The van der Waals surface area contributed by atoms with Gasteiger partial charge >= 0.3 is 0 Å². The summed E-state index contributed by atoms with van der Waals surface area (Å²) in [6, 6.07) is 5.81. The van der Waals surface area contributed by atoms with Crippen LogP contribution in [0.2, 0.25) is 0 Å². The molecule has 0 saturated carbocycles. The first-order valence-corrected chi connectivity index (χ1v) is 8.06. The maximum absolute atomic E-state index is 5.40. The van der Waals surface area contributed by atoms with Crippen molar-refractivity contribution in [2.24, 2.45) is 0 Å². The number of ether oxygens (including phenoxy) is 1. The smallest absolute Gasteiger partial charge is 0.165 e. The number of aryl methyl sites for hydroxylation is 1. The molecule has 1 aromatic carbocycles. The zero-order valence-corrected chi connectivity index (χ0v) is 15.2. The van der Waals surface area contributed by atoms with Crippen LogP contribution in [0, 0.1) is 10.5 Å². The van der Waals surface area contributed by atoms with Crippen molar-refractivity contribution in [3.63, 3.8) is 0 Å². The van der Waals surface area contributed by atoms with E-state index in [0.29, 0.717) is 5.82 Å². The molecule has 106 valence electrons. The lowest BCUT2D eigenvalue weighted by atomic mass is 10.2. The fraction of sp³-hybridized carbons (Fsp3) is 0.286. The van der Waals surface area contributed by atoms with Gasteiger partial charge in [-0.05, 0) is 54.6 Å². The molecule has 0 atom stereocenters. The maximum Gasteiger partial charge on any atom is 0.165 e. The van der Waals surface area contributed by atoms with Gasteiger partial charge in [-0.25, -0.2) is 9.97 Å². The highest BCUT2D eigenvalue weighted by Gasteiger charge is 2.14. The quantitative estimate of drug-likeness (QED) is 0.711. The number of halogens is 2. The van der Waals surface area contributed by atoms with Crippen LogP contribution in [0.4, 0.5) is 5.82 Å². The summed E-state index contributed by atoms with van der Waals surface area (Å²) in [6.07, 6.45) is 0. The molecule has 20 heavy (non-hydrogen) atoms. The first-order chi connectivity index (χ1) is 9.56. The molecule has 1 N–H and O–H groups in total. The van der Waals surface area contributed by atoms with Crippen molar-refractivity contribution >= 4 is 44.3 Å². The van der Waals surface area contributed by atoms with Crippen molar-refractivity contribution in [2.45, 2.75) is 13.8 Å². The predicted octanol–water partition coefficient (Wildman–Crippen LogP) is 4.26. The average molecular weight is 448 g/mol. The van der Waals surface area contributed by atoms with Crippen LogP contribution in [0.3, 0.4) is 0 Å². The molecule has 1 heterocycles. The Morgan fingerprint density at radius 2 is 2.10 bits per heavy atom. The van der Waals surface area contributed by atoms with E-state index in [9.17, 15) is 0 Å². The molecule has 0 radical (unpaired) electrons. The van der Waals surface area contributed by atoms with Crippen LogP contribution in [0.25, 0.3) is 11.4 Å². The van der Waals surface area contributed by atoms with E-state index in [1.54, 1.807) is 7.11 Å². The molecule has 1 aromatic heterocycles. The second kappa shape index (κ2) is 6.71. The lowest BCUT2D eigenvalue weighted by Gasteiger charge is -2.12. The van der Waals surface area contributed by atoms with Gasteiger partial charge in [-0.1, -0.05) is 15.9 Å². The van der Waals surface area contributed by atoms with Gasteiger partial charge in [-0.3, -0.25) is 0 Å². The van der Waals surface area contributed by atoms with Gasteiger partial charge in [0.05, 0.1) is 21.9 Å². The minimum absolute atomic E-state index is 0.664. The topological polar surface area (TPSA) is 47.0 Å². The number of rotatable bonds is 4. The molecule has 0 bridgehead atoms. The van der Waals surface area contributed by atoms with E-state index in [0.717, 1.165) is 37.4 Å². The third kappa shape index (κ3) is 3.22. The maximum atomic E-state index is 5.40. The van der Waals surface area contributed by atoms with Gasteiger partial charge in [0.15, 0.2) is 5.82 Å². The fourth-order valence-corrected chi connectivity index (χ4v) is 2.61. The third-order valence-electron chi connectivity index (χ3n) is 2.76. The Morgan fingerprint density at radius 1 is 1.35 bits per heavy atom. The number of nitrogens with one attached hydrogen (secondary N) is 1. The highest BCUT2D eigenvalue weighted by molar-refractivity contribution is 14.1. The summed E-state index contributed by atoms with van der Waals surface area (Å²) in [5.41, 5.74) is 1.83. The van der Waals surface area contributed by atoms with Gasteiger partial charge in [0.25, 0.3) is 0 Å². The van der Waals surface area contributed by atoms with Crippen molar-refractivity contribution in [3.05, 3.63) is 31.9 Å². The standard InChI is InChI=1S/C14H15BrIN3O/c1-4-17-14-12(16)8(2)18-13(19-14)10-7-9(15)5-6-11(10)20-3/h5-7H,4H2,1-3H3,(H,17,18,19). The van der Waals surface area contributed by atoms with E-state index >= 15 is 0 Å². The van der Waals surface area contributed by atoms with E-state index in [2.05, 4.69) is 53.8 Å². The molecule has 0 aliphatic carbocycles. The molecule has 0 unspecified atom stereocenters. The Balaban J connectivity index is 2.60. The molecule has 6 heteroatoms. The highest BCUT2D eigenvalue weighted by atomic mass is 127. The van der Waals surface area contributed by atoms with Crippen LogP contribution in [0.1, 0.15) is 12.6 Å². The molecule has 0 spiro atoms. The SMILES string of the molecule is CCNc1nc(-c2cc(Br)ccc2OC)nc(C)c1I. The lowest BCUT2D eigenvalue weighted by Crippen LogP contribution is -2.06. The Kier molecular flexibility index (Phi) is 5.20. The molecule has 2 aromatic rings. The van der Waals surface area contributed by atoms with Gasteiger partial charge < -0.3 is 10.1 Å². The molecule has 2 rings (SSSR count). The number of anilines is 1. The summed E-state index contributed by atoms with van der Waals surface area (Å²) >= 11 is 5.74. The van der Waals surface area contributed by atoms with Crippen LogP contribution >= 0.6 is 38.5 Å². The predicted molar refractivity (Wildman–Crippen MR) is 93.3 cm³/mol. The van der Waals surface area contributed by atoms with Crippen LogP contribution in [0.15, 0.2) is 22.7 Å². The Labute approximate surface area is 140 Å². The Bertz CT molecular complexity index is 634. The van der Waals surface area contributed by atoms with Gasteiger partial charge in [-0.2, -0.15) is 0 Å². The molecule has 0 saturated heterocycles. The van der Waals surface area contributed by atoms with E-state index in [-0.39, 0.29) is 0 Å². The molecule has 0 aliphatic rings. The second-order valence-electron chi connectivity index (χ2n) is 4.17. The second-order valence-corrected chi connectivity index (χ2v) is 6.16. The van der Waals surface area contributed by atoms with Crippen molar-refractivity contribution in [2.75, 3.05) is 19.0 Å². The van der Waals surface area contributed by atoms with Crippen LogP contribution in [-0.4, -0.2) is 23.6 Å². The summed E-state index contributed by atoms with van der Waals surface area (Å²) in [7, 11) is 1.65. The minimum Gasteiger partial charge on any atom is -0.496 e. The van der Waals surface area contributed by atoms with E-state index in [4.69, 9.17) is 4.74 Å².